The van der Waals surface area contributed by atoms with Gasteiger partial charge in [-0.15, -0.1) is 12.1 Å². The summed E-state index contributed by atoms with van der Waals surface area (Å²) >= 11 is 0. The van der Waals surface area contributed by atoms with Gasteiger partial charge >= 0.3 is 26.2 Å². The first-order chi connectivity index (χ1) is 16.8. The van der Waals surface area contributed by atoms with Gasteiger partial charge in [0.05, 0.1) is 0 Å². The number of hydrogen-bond acceptors (Lipinski definition) is 0. The Morgan fingerprint density at radius 2 is 0.649 bits per heavy atom. The SMILES string of the molecule is C[N-]C.C[N-]C.[CH2-][NH+](CC[N-]C1[C@@H](C)[C@@H](C)C(C)[C@H](C)[C@@H]1C)CC[N-]C1[C@H](C)[C@H](C)C(C)[C@@H](C)[C@H]1C.[Zr+4]. The number of rotatable bonds is 8. The van der Waals surface area contributed by atoms with Gasteiger partial charge in [0.1, 0.15) is 0 Å². The minimum atomic E-state index is 0. The first kappa shape index (κ1) is 39.8. The molecule has 0 amide bonds. The van der Waals surface area contributed by atoms with Crippen molar-refractivity contribution < 1.29 is 31.1 Å². The van der Waals surface area contributed by atoms with E-state index >= 15 is 0 Å². The van der Waals surface area contributed by atoms with Crippen molar-refractivity contribution in [2.45, 2.75) is 81.3 Å². The minimum Gasteiger partial charge on any atom is -0.668 e. The maximum Gasteiger partial charge on any atom is 4.00 e. The summed E-state index contributed by atoms with van der Waals surface area (Å²) in [6.45, 7) is 28.2. The van der Waals surface area contributed by atoms with Gasteiger partial charge in [0.15, 0.2) is 0 Å². The van der Waals surface area contributed by atoms with Crippen LogP contribution in [0.15, 0.2) is 0 Å². The van der Waals surface area contributed by atoms with Gasteiger partial charge < -0.3 is 26.2 Å². The molecule has 37 heavy (non-hydrogen) atoms. The Labute approximate surface area is 253 Å². The number of nitrogens with zero attached hydrogens (tertiary/aromatic N) is 4. The molecule has 1 unspecified atom stereocenters. The number of hydrogen-bond donors (Lipinski definition) is 1. The summed E-state index contributed by atoms with van der Waals surface area (Å²) in [5, 5.41) is 17.4. The van der Waals surface area contributed by atoms with Crippen LogP contribution in [0.25, 0.3) is 21.3 Å². The Balaban J connectivity index is 0. The molecule has 0 aromatic heterocycles. The summed E-state index contributed by atoms with van der Waals surface area (Å²) in [5.74, 6) is 7.41. The fourth-order valence-corrected chi connectivity index (χ4v) is 6.61. The molecule has 0 bridgehead atoms. The Morgan fingerprint density at radius 1 is 0.459 bits per heavy atom. The van der Waals surface area contributed by atoms with Crippen LogP contribution >= 0.6 is 0 Å². The topological polar surface area (TPSA) is 60.8 Å². The zero-order valence-electron chi connectivity index (χ0n) is 27.3. The quantitative estimate of drug-likeness (QED) is 0.300. The summed E-state index contributed by atoms with van der Waals surface area (Å²) in [5.41, 5.74) is 0. The van der Waals surface area contributed by atoms with E-state index in [1.165, 1.54) is 4.90 Å². The van der Waals surface area contributed by atoms with Gasteiger partial charge in [-0.25, -0.2) is 0 Å². The van der Waals surface area contributed by atoms with Crippen molar-refractivity contribution in [3.8, 4) is 0 Å². The Morgan fingerprint density at radius 3 is 0.865 bits per heavy atom. The van der Waals surface area contributed by atoms with Crippen LogP contribution < -0.4 is 4.90 Å². The summed E-state index contributed by atoms with van der Waals surface area (Å²) in [6, 6.07) is 1.02. The average molecular weight is 599 g/mol. The third kappa shape index (κ3) is 12.0. The van der Waals surface area contributed by atoms with Crippen LogP contribution in [0.5, 0.6) is 0 Å². The molecule has 0 aliphatic heterocycles. The van der Waals surface area contributed by atoms with Gasteiger partial charge in [0.25, 0.3) is 0 Å². The van der Waals surface area contributed by atoms with Gasteiger partial charge in [-0.1, -0.05) is 106 Å². The molecule has 0 radical (unpaired) electrons. The van der Waals surface area contributed by atoms with Crippen LogP contribution in [-0.4, -0.2) is 66.5 Å². The first-order valence-corrected chi connectivity index (χ1v) is 14.8. The van der Waals surface area contributed by atoms with Crippen molar-refractivity contribution in [1.29, 1.82) is 0 Å². The molecule has 2 rings (SSSR count). The van der Waals surface area contributed by atoms with E-state index in [2.05, 4.69) is 86.9 Å². The third-order valence-corrected chi connectivity index (χ3v) is 10.4. The number of nitrogens with one attached hydrogen (secondary N) is 1. The van der Waals surface area contributed by atoms with Crippen LogP contribution in [-0.2, 0) is 26.2 Å². The molecule has 9 atom stereocenters. The molecule has 0 spiro atoms. The second-order valence-corrected chi connectivity index (χ2v) is 12.5. The van der Waals surface area contributed by atoms with Crippen molar-refractivity contribution in [3.63, 3.8) is 0 Å². The molecule has 6 heteroatoms. The molecule has 2 fully saturated rings. The minimum absolute atomic E-state index is 0. The van der Waals surface area contributed by atoms with E-state index in [-0.39, 0.29) is 26.2 Å². The fraction of sp³-hybridized carbons (Fsp3) is 0.968. The molecule has 0 aromatic rings. The molecular weight excluding hydrogens is 534 g/mol. The van der Waals surface area contributed by atoms with Crippen molar-refractivity contribution in [2.75, 3.05) is 54.4 Å². The predicted molar refractivity (Wildman–Crippen MR) is 162 cm³/mol. The maximum absolute atomic E-state index is 5.18. The summed E-state index contributed by atoms with van der Waals surface area (Å²) in [7, 11) is 11.4. The first-order valence-electron chi connectivity index (χ1n) is 14.8. The zero-order chi connectivity index (χ0) is 28.2. The van der Waals surface area contributed by atoms with Crippen molar-refractivity contribution in [3.05, 3.63) is 28.3 Å². The smallest absolute Gasteiger partial charge is 0.668 e. The Bertz CT molecular complexity index is 472. The van der Waals surface area contributed by atoms with Gasteiger partial charge in [0, 0.05) is 13.1 Å². The molecule has 0 saturated heterocycles. The van der Waals surface area contributed by atoms with Crippen LogP contribution in [0.1, 0.15) is 69.2 Å². The van der Waals surface area contributed by atoms with Gasteiger partial charge in [-0.2, -0.15) is 35.2 Å². The second kappa shape index (κ2) is 20.5. The van der Waals surface area contributed by atoms with Gasteiger partial charge in [0.2, 0.25) is 0 Å². The fourth-order valence-electron chi connectivity index (χ4n) is 6.61. The zero-order valence-corrected chi connectivity index (χ0v) is 29.7. The van der Waals surface area contributed by atoms with E-state index < -0.39 is 0 Å². The van der Waals surface area contributed by atoms with Gasteiger partial charge in [-0.3, -0.25) is 0 Å². The van der Waals surface area contributed by atoms with E-state index in [0.29, 0.717) is 35.8 Å². The van der Waals surface area contributed by atoms with E-state index in [1.54, 1.807) is 28.2 Å². The Kier molecular flexibility index (Phi) is 22.1. The molecule has 0 aromatic carbocycles. The van der Waals surface area contributed by atoms with E-state index in [0.717, 1.165) is 61.7 Å². The van der Waals surface area contributed by atoms with Crippen LogP contribution in [0, 0.1) is 66.2 Å². The normalized spacial score (nSPS) is 40.3. The largest absolute Gasteiger partial charge is 4.00 e. The summed E-state index contributed by atoms with van der Waals surface area (Å²) in [6.07, 6.45) is 0. The van der Waals surface area contributed by atoms with Crippen molar-refractivity contribution in [2.24, 2.45) is 59.2 Å². The third-order valence-electron chi connectivity index (χ3n) is 10.4. The van der Waals surface area contributed by atoms with E-state index in [1.807, 2.05) is 0 Å². The predicted octanol–water partition coefficient (Wildman–Crippen LogP) is 6.77. The van der Waals surface area contributed by atoms with Crippen molar-refractivity contribution in [1.82, 2.24) is 0 Å². The molecule has 5 nitrogen and oxygen atoms in total. The molecule has 2 saturated carbocycles. The molecular formula is C31H65N5Zr. The van der Waals surface area contributed by atoms with Crippen LogP contribution in [0.3, 0.4) is 0 Å². The van der Waals surface area contributed by atoms with Crippen LogP contribution in [0.2, 0.25) is 0 Å². The molecule has 2 aliphatic carbocycles. The average Bonchev–Trinajstić information content (AvgIpc) is 2.84. The molecule has 1 N–H and O–H groups in total. The van der Waals surface area contributed by atoms with Crippen molar-refractivity contribution >= 4 is 0 Å². The molecule has 2 aliphatic rings. The molecule has 218 valence electrons. The number of quaternary nitrogens is 1. The van der Waals surface area contributed by atoms with E-state index in [9.17, 15) is 0 Å². The monoisotopic (exact) mass is 597 g/mol. The van der Waals surface area contributed by atoms with E-state index in [4.69, 9.17) is 10.6 Å². The Hall–Kier alpha value is 0.683. The van der Waals surface area contributed by atoms with Gasteiger partial charge in [-0.05, 0) is 35.5 Å². The second-order valence-electron chi connectivity index (χ2n) is 12.5. The standard InChI is InChI=1S/C27H53N3.2C2H6N.Zr/c1-16-18(3)22(7)26(23(8)19(16)4)28-12-14-30(11)15-13-29-27-24(9)20(5)17(2)21(6)25(27)10;2*1-3-2;/h16-27,30H,11-15H2,1-10H3;2*1-2H3;/q-2;2*-1;+4/t16?,17?,18-,19-,20+,21+,22-,23-,24+,25+,26?,27?;;;. The summed E-state index contributed by atoms with van der Waals surface area (Å²) in [4.78, 5) is 1.33. The summed E-state index contributed by atoms with van der Waals surface area (Å²) < 4.78 is 0. The molecule has 0 heterocycles. The maximum atomic E-state index is 5.18. The van der Waals surface area contributed by atoms with Crippen LogP contribution in [0.4, 0.5) is 0 Å².